The van der Waals surface area contributed by atoms with Crippen molar-refractivity contribution in [2.24, 2.45) is 11.1 Å². The molecule has 0 saturated carbocycles. The van der Waals surface area contributed by atoms with Crippen LogP contribution in [0.5, 0.6) is 0 Å². The van der Waals surface area contributed by atoms with Crippen molar-refractivity contribution in [3.63, 3.8) is 0 Å². The van der Waals surface area contributed by atoms with Gasteiger partial charge in [-0.3, -0.25) is 4.79 Å². The summed E-state index contributed by atoms with van der Waals surface area (Å²) in [5.74, 6) is 0.875. The van der Waals surface area contributed by atoms with Gasteiger partial charge in [0.1, 0.15) is 17.3 Å². The molecule has 2 rings (SSSR count). The van der Waals surface area contributed by atoms with Crippen molar-refractivity contribution in [3.8, 4) is 11.3 Å². The summed E-state index contributed by atoms with van der Waals surface area (Å²) in [6, 6.07) is 10.00. The molecule has 0 aliphatic rings. The van der Waals surface area contributed by atoms with Gasteiger partial charge in [-0.05, 0) is 36.2 Å². The number of aryl methyl sites for hydroxylation is 1. The predicted octanol–water partition coefficient (Wildman–Crippen LogP) is 3.46. The van der Waals surface area contributed by atoms with Crippen LogP contribution >= 0.6 is 0 Å². The number of amides is 1. The SMILES string of the molecule is CN(CC(C)(C)CN)C(=O)CCc1ccc(-c2ccccc2F)o1. The second kappa shape index (κ2) is 7.62. The van der Waals surface area contributed by atoms with Gasteiger partial charge < -0.3 is 15.1 Å². The fraction of sp³-hybridized carbons (Fsp3) is 0.421. The third-order valence-electron chi connectivity index (χ3n) is 4.03. The summed E-state index contributed by atoms with van der Waals surface area (Å²) in [4.78, 5) is 13.9. The summed E-state index contributed by atoms with van der Waals surface area (Å²) in [6.45, 7) is 5.20. The Kier molecular flexibility index (Phi) is 5.78. The van der Waals surface area contributed by atoms with Crippen LogP contribution in [0.1, 0.15) is 26.0 Å². The molecule has 4 nitrogen and oxygen atoms in total. The molecule has 0 fully saturated rings. The number of hydrogen-bond donors (Lipinski definition) is 1. The van der Waals surface area contributed by atoms with E-state index in [2.05, 4.69) is 0 Å². The maximum absolute atomic E-state index is 13.8. The van der Waals surface area contributed by atoms with Crippen LogP contribution in [0, 0.1) is 11.2 Å². The van der Waals surface area contributed by atoms with E-state index < -0.39 is 0 Å². The van der Waals surface area contributed by atoms with Crippen LogP contribution in [0.2, 0.25) is 0 Å². The summed E-state index contributed by atoms with van der Waals surface area (Å²) < 4.78 is 19.4. The first-order valence-electron chi connectivity index (χ1n) is 8.10. The number of rotatable bonds is 7. The molecule has 24 heavy (non-hydrogen) atoms. The highest BCUT2D eigenvalue weighted by molar-refractivity contribution is 5.76. The van der Waals surface area contributed by atoms with Gasteiger partial charge in [0.05, 0.1) is 5.56 Å². The third kappa shape index (κ3) is 4.68. The van der Waals surface area contributed by atoms with Crippen molar-refractivity contribution in [2.45, 2.75) is 26.7 Å². The molecule has 5 heteroatoms. The first-order valence-corrected chi connectivity index (χ1v) is 8.10. The minimum Gasteiger partial charge on any atom is -0.461 e. The number of furan rings is 1. The van der Waals surface area contributed by atoms with Crippen LogP contribution in [0.25, 0.3) is 11.3 Å². The first-order chi connectivity index (χ1) is 11.3. The van der Waals surface area contributed by atoms with Gasteiger partial charge in [-0.15, -0.1) is 0 Å². The normalized spacial score (nSPS) is 11.5. The molecule has 0 radical (unpaired) electrons. The van der Waals surface area contributed by atoms with Crippen molar-refractivity contribution >= 4 is 5.91 Å². The maximum atomic E-state index is 13.8. The molecule has 2 N–H and O–H groups in total. The zero-order valence-electron chi connectivity index (χ0n) is 14.5. The lowest BCUT2D eigenvalue weighted by atomic mass is 9.93. The highest BCUT2D eigenvalue weighted by Crippen LogP contribution is 2.25. The second-order valence-corrected chi connectivity index (χ2v) is 6.86. The van der Waals surface area contributed by atoms with Crippen molar-refractivity contribution in [2.75, 3.05) is 20.1 Å². The summed E-state index contributed by atoms with van der Waals surface area (Å²) >= 11 is 0. The molecule has 0 spiro atoms. The largest absolute Gasteiger partial charge is 0.461 e. The number of nitrogens with two attached hydrogens (primary N) is 1. The highest BCUT2D eigenvalue weighted by Gasteiger charge is 2.21. The summed E-state index contributed by atoms with van der Waals surface area (Å²) in [6.07, 6.45) is 0.835. The van der Waals surface area contributed by atoms with Gasteiger partial charge in [0.2, 0.25) is 5.91 Å². The van der Waals surface area contributed by atoms with Gasteiger partial charge in [0, 0.05) is 26.4 Å². The van der Waals surface area contributed by atoms with Crippen molar-refractivity contribution in [3.05, 3.63) is 48.0 Å². The summed E-state index contributed by atoms with van der Waals surface area (Å²) in [5, 5.41) is 0. The van der Waals surface area contributed by atoms with Crippen LogP contribution in [-0.2, 0) is 11.2 Å². The Bertz CT molecular complexity index is 694. The Labute approximate surface area is 142 Å². The van der Waals surface area contributed by atoms with Crippen LogP contribution in [0.3, 0.4) is 0 Å². The number of hydrogen-bond acceptors (Lipinski definition) is 3. The van der Waals surface area contributed by atoms with E-state index in [1.54, 1.807) is 42.3 Å². The molecule has 0 atom stereocenters. The van der Waals surface area contributed by atoms with Gasteiger partial charge in [0.15, 0.2) is 0 Å². The Morgan fingerprint density at radius 1 is 1.25 bits per heavy atom. The minimum absolute atomic E-state index is 0.0420. The van der Waals surface area contributed by atoms with Gasteiger partial charge in [-0.1, -0.05) is 26.0 Å². The number of nitrogens with zero attached hydrogens (tertiary/aromatic N) is 1. The molecular weight excluding hydrogens is 307 g/mol. The minimum atomic E-state index is -0.321. The van der Waals surface area contributed by atoms with Crippen LogP contribution in [0.4, 0.5) is 4.39 Å². The van der Waals surface area contributed by atoms with Crippen LogP contribution in [-0.4, -0.2) is 30.9 Å². The zero-order chi connectivity index (χ0) is 17.7. The molecule has 2 aromatic rings. The summed E-state index contributed by atoms with van der Waals surface area (Å²) in [7, 11) is 1.78. The van der Waals surface area contributed by atoms with E-state index in [9.17, 15) is 9.18 Å². The molecule has 1 heterocycles. The third-order valence-corrected chi connectivity index (χ3v) is 4.03. The molecular formula is C19H25FN2O2. The van der Waals surface area contributed by atoms with Crippen LogP contribution in [0.15, 0.2) is 40.8 Å². The Balaban J connectivity index is 1.94. The predicted molar refractivity (Wildman–Crippen MR) is 92.9 cm³/mol. The molecule has 1 aromatic heterocycles. The van der Waals surface area contributed by atoms with Crippen molar-refractivity contribution in [1.29, 1.82) is 0 Å². The molecule has 130 valence electrons. The zero-order valence-corrected chi connectivity index (χ0v) is 14.5. The topological polar surface area (TPSA) is 59.5 Å². The molecule has 0 unspecified atom stereocenters. The maximum Gasteiger partial charge on any atom is 0.222 e. The quantitative estimate of drug-likeness (QED) is 0.844. The van der Waals surface area contributed by atoms with E-state index in [-0.39, 0.29) is 17.1 Å². The lowest BCUT2D eigenvalue weighted by molar-refractivity contribution is -0.131. The summed E-state index contributed by atoms with van der Waals surface area (Å²) in [5.41, 5.74) is 6.03. The average molecular weight is 332 g/mol. The second-order valence-electron chi connectivity index (χ2n) is 6.86. The monoisotopic (exact) mass is 332 g/mol. The number of halogens is 1. The van der Waals surface area contributed by atoms with Gasteiger partial charge in [0.25, 0.3) is 0 Å². The smallest absolute Gasteiger partial charge is 0.222 e. The van der Waals surface area contributed by atoms with E-state index in [1.165, 1.54) is 6.07 Å². The van der Waals surface area contributed by atoms with Crippen LogP contribution < -0.4 is 5.73 Å². The van der Waals surface area contributed by atoms with Crippen molar-refractivity contribution < 1.29 is 13.6 Å². The van der Waals surface area contributed by atoms with E-state index in [1.807, 2.05) is 13.8 Å². The van der Waals surface area contributed by atoms with E-state index in [4.69, 9.17) is 10.2 Å². The number of carbonyl (C=O) groups is 1. The molecule has 0 bridgehead atoms. The van der Waals surface area contributed by atoms with Gasteiger partial charge in [-0.2, -0.15) is 0 Å². The first kappa shape index (κ1) is 18.2. The molecule has 0 aliphatic carbocycles. The Hall–Kier alpha value is -2.14. The Morgan fingerprint density at radius 3 is 2.62 bits per heavy atom. The molecule has 1 aromatic carbocycles. The number of carbonyl (C=O) groups excluding carboxylic acids is 1. The molecule has 0 aliphatic heterocycles. The van der Waals surface area contributed by atoms with E-state index in [0.717, 1.165) is 0 Å². The van der Waals surface area contributed by atoms with E-state index >= 15 is 0 Å². The standard InChI is InChI=1S/C19H25FN2O2/c1-19(2,12-21)13-22(3)18(23)11-9-14-8-10-17(24-14)15-6-4-5-7-16(15)20/h4-8,10H,9,11-13,21H2,1-3H3. The molecule has 0 saturated heterocycles. The van der Waals surface area contributed by atoms with Gasteiger partial charge >= 0.3 is 0 Å². The van der Waals surface area contributed by atoms with Crippen molar-refractivity contribution in [1.82, 2.24) is 4.90 Å². The Morgan fingerprint density at radius 2 is 1.96 bits per heavy atom. The molecule has 1 amide bonds. The fourth-order valence-electron chi connectivity index (χ4n) is 2.53. The average Bonchev–Trinajstić information content (AvgIpc) is 3.01. The fourth-order valence-corrected chi connectivity index (χ4v) is 2.53. The lowest BCUT2D eigenvalue weighted by Crippen LogP contribution is -2.39. The van der Waals surface area contributed by atoms with Gasteiger partial charge in [-0.25, -0.2) is 4.39 Å². The lowest BCUT2D eigenvalue weighted by Gasteiger charge is -2.29. The van der Waals surface area contributed by atoms with E-state index in [0.29, 0.717) is 43.0 Å². The number of benzene rings is 1. The highest BCUT2D eigenvalue weighted by atomic mass is 19.1.